The van der Waals surface area contributed by atoms with Crippen molar-refractivity contribution in [3.63, 3.8) is 0 Å². The van der Waals surface area contributed by atoms with Crippen molar-refractivity contribution in [1.29, 1.82) is 0 Å². The highest BCUT2D eigenvalue weighted by atomic mass is 19.3. The minimum Gasteiger partial charge on any atom is -0.329 e. The average Bonchev–Trinajstić information content (AvgIpc) is 3.18. The molecule has 1 aromatic carbocycles. The third-order valence-electron chi connectivity index (χ3n) is 4.26. The lowest BCUT2D eigenvalue weighted by atomic mass is 10.1. The normalized spacial score (nSPS) is 11.1. The highest BCUT2D eigenvalue weighted by Gasteiger charge is 2.11. The van der Waals surface area contributed by atoms with Crippen LogP contribution in [-0.2, 0) is 6.54 Å². The lowest BCUT2D eigenvalue weighted by Crippen LogP contribution is -2.06. The Morgan fingerprint density at radius 3 is 2.83 bits per heavy atom. The van der Waals surface area contributed by atoms with Gasteiger partial charge in [-0.1, -0.05) is 11.3 Å². The van der Waals surface area contributed by atoms with Gasteiger partial charge in [-0.2, -0.15) is 0 Å². The summed E-state index contributed by atoms with van der Waals surface area (Å²) in [5.74, 6) is 0.0890. The molecule has 152 valence electrons. The van der Waals surface area contributed by atoms with Crippen molar-refractivity contribution < 1.29 is 8.78 Å². The molecule has 4 aromatic rings. The van der Waals surface area contributed by atoms with Gasteiger partial charge in [-0.3, -0.25) is 4.79 Å². The first-order valence-electron chi connectivity index (χ1n) is 9.04. The summed E-state index contributed by atoms with van der Waals surface area (Å²) in [7, 11) is 0. The molecule has 0 saturated heterocycles. The highest BCUT2D eigenvalue weighted by molar-refractivity contribution is 5.68. The van der Waals surface area contributed by atoms with Gasteiger partial charge in [0.25, 0.3) is 6.43 Å². The molecular formula is C20H17F2N7O. The largest absolute Gasteiger partial charge is 0.329 e. The first kappa shape index (κ1) is 19.4. The second-order valence-corrected chi connectivity index (χ2v) is 6.68. The zero-order valence-electron chi connectivity index (χ0n) is 15.9. The van der Waals surface area contributed by atoms with E-state index in [4.69, 9.17) is 0 Å². The van der Waals surface area contributed by atoms with E-state index in [1.54, 1.807) is 23.1 Å². The van der Waals surface area contributed by atoms with E-state index in [9.17, 15) is 13.6 Å². The molecule has 0 spiro atoms. The van der Waals surface area contributed by atoms with Crippen molar-refractivity contribution in [1.82, 2.24) is 29.9 Å². The second-order valence-electron chi connectivity index (χ2n) is 6.68. The third kappa shape index (κ3) is 4.54. The van der Waals surface area contributed by atoms with Crippen LogP contribution in [0.15, 0.2) is 59.8 Å². The van der Waals surface area contributed by atoms with Crippen LogP contribution in [0.4, 0.5) is 20.4 Å². The Bertz CT molecular complexity index is 1220. The molecule has 0 aliphatic rings. The maximum atomic E-state index is 12.9. The third-order valence-corrected chi connectivity index (χ3v) is 4.26. The van der Waals surface area contributed by atoms with E-state index in [1.165, 1.54) is 18.3 Å². The smallest absolute Gasteiger partial charge is 0.280 e. The predicted octanol–water partition coefficient (Wildman–Crippen LogP) is 3.46. The number of halogens is 2. The molecule has 30 heavy (non-hydrogen) atoms. The van der Waals surface area contributed by atoms with Crippen molar-refractivity contribution in [2.45, 2.75) is 19.9 Å². The lowest BCUT2D eigenvalue weighted by Gasteiger charge is -2.09. The first-order chi connectivity index (χ1) is 14.5. The molecule has 2 N–H and O–H groups in total. The van der Waals surface area contributed by atoms with Crippen molar-refractivity contribution in [3.8, 4) is 11.3 Å². The molecule has 0 radical (unpaired) electrons. The number of hydrogen-bond acceptors (Lipinski definition) is 6. The van der Waals surface area contributed by atoms with Crippen LogP contribution in [0.5, 0.6) is 0 Å². The minimum atomic E-state index is -2.67. The maximum Gasteiger partial charge on any atom is 0.280 e. The topological polar surface area (TPSA) is 101 Å². The van der Waals surface area contributed by atoms with E-state index in [0.717, 1.165) is 16.7 Å². The first-order valence-corrected chi connectivity index (χ1v) is 9.04. The number of rotatable bonds is 6. The van der Waals surface area contributed by atoms with Crippen LogP contribution in [0.3, 0.4) is 0 Å². The average molecular weight is 409 g/mol. The molecule has 0 saturated carbocycles. The number of pyridine rings is 1. The van der Waals surface area contributed by atoms with Gasteiger partial charge in [0.1, 0.15) is 11.4 Å². The van der Waals surface area contributed by atoms with E-state index in [0.29, 0.717) is 17.9 Å². The van der Waals surface area contributed by atoms with Crippen LogP contribution in [0.25, 0.3) is 11.3 Å². The fourth-order valence-corrected chi connectivity index (χ4v) is 2.92. The standard InChI is InChI=1S/C20H17F2N7O/c1-12-6-14(8-15(7-12)25-20-23-5-4-16(26-20)19(21)22)17-11-29(28-27-17)10-13-2-3-18(30)24-9-13/h2-9,11,19H,10H2,1H3,(H,24,30)(H,23,25,26). The van der Waals surface area contributed by atoms with Crippen LogP contribution in [-0.4, -0.2) is 29.9 Å². The van der Waals surface area contributed by atoms with Gasteiger partial charge in [0.2, 0.25) is 11.5 Å². The summed E-state index contributed by atoms with van der Waals surface area (Å²) in [6.07, 6.45) is 2.04. The number of aromatic nitrogens is 6. The summed E-state index contributed by atoms with van der Waals surface area (Å²) in [6, 6.07) is 9.97. The molecule has 0 atom stereocenters. The molecule has 0 amide bonds. The number of alkyl halides is 2. The summed E-state index contributed by atoms with van der Waals surface area (Å²) in [5.41, 5.74) is 3.41. The lowest BCUT2D eigenvalue weighted by molar-refractivity contribution is 0.146. The highest BCUT2D eigenvalue weighted by Crippen LogP contribution is 2.25. The summed E-state index contributed by atoms with van der Waals surface area (Å²) in [5, 5.41) is 11.3. The van der Waals surface area contributed by atoms with Crippen LogP contribution in [0.1, 0.15) is 23.2 Å². The van der Waals surface area contributed by atoms with Gasteiger partial charge < -0.3 is 10.3 Å². The number of nitrogens with zero attached hydrogens (tertiary/aromatic N) is 5. The Hall–Kier alpha value is -3.95. The summed E-state index contributed by atoms with van der Waals surface area (Å²) < 4.78 is 27.4. The van der Waals surface area contributed by atoms with Gasteiger partial charge in [0.15, 0.2) is 0 Å². The van der Waals surface area contributed by atoms with Crippen LogP contribution >= 0.6 is 0 Å². The number of hydrogen-bond donors (Lipinski definition) is 2. The number of benzene rings is 1. The molecule has 3 heterocycles. The fourth-order valence-electron chi connectivity index (χ4n) is 2.92. The Labute approximate surface area is 169 Å². The van der Waals surface area contributed by atoms with Gasteiger partial charge in [0.05, 0.1) is 12.7 Å². The molecule has 0 bridgehead atoms. The molecule has 10 heteroatoms. The van der Waals surface area contributed by atoms with E-state index in [-0.39, 0.29) is 17.2 Å². The molecule has 3 aromatic heterocycles. The van der Waals surface area contributed by atoms with Crippen molar-refractivity contribution >= 4 is 11.6 Å². The zero-order chi connectivity index (χ0) is 21.1. The molecule has 8 nitrogen and oxygen atoms in total. The molecular weight excluding hydrogens is 392 g/mol. The molecule has 4 rings (SSSR count). The number of nitrogens with one attached hydrogen (secondary N) is 2. The van der Waals surface area contributed by atoms with Gasteiger partial charge in [0, 0.05) is 29.7 Å². The minimum absolute atomic E-state index is 0.0890. The Kier molecular flexibility index (Phi) is 5.29. The Morgan fingerprint density at radius 1 is 1.20 bits per heavy atom. The number of H-pyrrole nitrogens is 1. The van der Waals surface area contributed by atoms with Crippen molar-refractivity contribution in [3.05, 3.63) is 82.2 Å². The number of anilines is 2. The second kappa shape index (κ2) is 8.19. The van der Waals surface area contributed by atoms with Crippen LogP contribution < -0.4 is 10.9 Å². The quantitative estimate of drug-likeness (QED) is 0.506. The summed E-state index contributed by atoms with van der Waals surface area (Å²) in [4.78, 5) is 21.6. The summed E-state index contributed by atoms with van der Waals surface area (Å²) >= 11 is 0. The molecule has 0 fully saturated rings. The van der Waals surface area contributed by atoms with Crippen LogP contribution in [0.2, 0.25) is 0 Å². The van der Waals surface area contributed by atoms with E-state index < -0.39 is 6.43 Å². The molecule has 0 aliphatic carbocycles. The van der Waals surface area contributed by atoms with Crippen molar-refractivity contribution in [2.75, 3.05) is 5.32 Å². The van der Waals surface area contributed by atoms with Crippen molar-refractivity contribution in [2.24, 2.45) is 0 Å². The van der Waals surface area contributed by atoms with Gasteiger partial charge in [-0.05, 0) is 42.3 Å². The van der Waals surface area contributed by atoms with E-state index in [2.05, 4.69) is 30.6 Å². The van der Waals surface area contributed by atoms with Gasteiger partial charge in [-0.15, -0.1) is 5.10 Å². The monoisotopic (exact) mass is 409 g/mol. The molecule has 0 unspecified atom stereocenters. The maximum absolute atomic E-state index is 12.9. The Morgan fingerprint density at radius 2 is 2.07 bits per heavy atom. The fraction of sp³-hybridized carbons (Fsp3) is 0.150. The predicted molar refractivity (Wildman–Crippen MR) is 107 cm³/mol. The van der Waals surface area contributed by atoms with Crippen LogP contribution in [0, 0.1) is 6.92 Å². The van der Waals surface area contributed by atoms with E-state index >= 15 is 0 Å². The zero-order valence-corrected chi connectivity index (χ0v) is 15.9. The van der Waals surface area contributed by atoms with E-state index in [1.807, 2.05) is 25.1 Å². The summed E-state index contributed by atoms with van der Waals surface area (Å²) in [6.45, 7) is 2.37. The molecule has 0 aliphatic heterocycles. The Balaban J connectivity index is 1.56. The number of aryl methyl sites for hydroxylation is 1. The number of aromatic amines is 1. The SMILES string of the molecule is Cc1cc(Nc2nccc(C(F)F)n2)cc(-c2cn(Cc3ccc(=O)[nH]c3)nn2)c1. The van der Waals surface area contributed by atoms with Gasteiger partial charge in [-0.25, -0.2) is 23.4 Å². The van der Waals surface area contributed by atoms with Gasteiger partial charge >= 0.3 is 0 Å².